The van der Waals surface area contributed by atoms with Crippen molar-refractivity contribution in [3.63, 3.8) is 0 Å². The topological polar surface area (TPSA) is 93.1 Å². The summed E-state index contributed by atoms with van der Waals surface area (Å²) < 4.78 is 10.9. The molecule has 29 heavy (non-hydrogen) atoms. The summed E-state index contributed by atoms with van der Waals surface area (Å²) in [5, 5.41) is 21.3. The molecule has 1 aromatic rings. The van der Waals surface area contributed by atoms with Crippen molar-refractivity contribution in [1.29, 1.82) is 0 Å². The Labute approximate surface area is 171 Å². The fourth-order valence-corrected chi connectivity index (χ4v) is 4.97. The molecule has 2 aliphatic carbocycles. The molecule has 1 fully saturated rings. The largest absolute Gasteiger partial charge is 0.504 e. The zero-order valence-corrected chi connectivity index (χ0v) is 17.7. The molecular formula is C23H30O6. The number of allylic oxidation sites excluding steroid dienone is 1. The quantitative estimate of drug-likeness (QED) is 0.747. The van der Waals surface area contributed by atoms with E-state index in [0.717, 1.165) is 0 Å². The predicted octanol–water partition coefficient (Wildman–Crippen LogP) is 3.65. The van der Waals surface area contributed by atoms with Crippen LogP contribution in [0.5, 0.6) is 11.5 Å². The van der Waals surface area contributed by atoms with Crippen LogP contribution < -0.4 is 4.74 Å². The maximum atomic E-state index is 12.9. The van der Waals surface area contributed by atoms with Gasteiger partial charge in [-0.3, -0.25) is 4.79 Å². The molecule has 3 rings (SSSR count). The average Bonchev–Trinajstić information content (AvgIpc) is 2.88. The maximum absolute atomic E-state index is 12.9. The first kappa shape index (κ1) is 21.4. The van der Waals surface area contributed by atoms with E-state index >= 15 is 0 Å². The Morgan fingerprint density at radius 2 is 1.97 bits per heavy atom. The number of aliphatic hydroxyl groups is 1. The van der Waals surface area contributed by atoms with Gasteiger partial charge >= 0.3 is 5.97 Å². The van der Waals surface area contributed by atoms with Crippen molar-refractivity contribution in [3.8, 4) is 11.5 Å². The van der Waals surface area contributed by atoms with Gasteiger partial charge in [-0.25, -0.2) is 4.79 Å². The minimum absolute atomic E-state index is 0.0235. The molecule has 6 heteroatoms. The van der Waals surface area contributed by atoms with Gasteiger partial charge in [0, 0.05) is 12.3 Å². The van der Waals surface area contributed by atoms with Crippen LogP contribution >= 0.6 is 0 Å². The summed E-state index contributed by atoms with van der Waals surface area (Å²) in [6.45, 7) is 7.65. The highest BCUT2D eigenvalue weighted by Gasteiger charge is 2.60. The zero-order chi connectivity index (χ0) is 21.6. The van der Waals surface area contributed by atoms with E-state index in [2.05, 4.69) is 0 Å². The second kappa shape index (κ2) is 7.48. The van der Waals surface area contributed by atoms with E-state index in [1.807, 2.05) is 20.8 Å². The molecule has 4 atom stereocenters. The maximum Gasteiger partial charge on any atom is 0.338 e. The van der Waals surface area contributed by atoms with Crippen LogP contribution in [0.3, 0.4) is 0 Å². The van der Waals surface area contributed by atoms with Crippen LogP contribution in [0.4, 0.5) is 0 Å². The summed E-state index contributed by atoms with van der Waals surface area (Å²) in [6.07, 6.45) is 2.55. The number of hydrogen-bond acceptors (Lipinski definition) is 6. The SMILES string of the molecule is COc1cc(C(=O)O[C@H]2C=C(C)C(=O)C[C@@]3(C)CC[C@@](O)(C(C)C)C23)ccc1O. The lowest BCUT2D eigenvalue weighted by atomic mass is 9.68. The molecule has 1 unspecified atom stereocenters. The van der Waals surface area contributed by atoms with Gasteiger partial charge in [-0.15, -0.1) is 0 Å². The number of methoxy groups -OCH3 is 1. The van der Waals surface area contributed by atoms with E-state index in [1.165, 1.54) is 25.3 Å². The molecule has 6 nitrogen and oxygen atoms in total. The second-order valence-electron chi connectivity index (χ2n) is 8.98. The van der Waals surface area contributed by atoms with Crippen LogP contribution in [0, 0.1) is 17.3 Å². The Balaban J connectivity index is 2.00. The lowest BCUT2D eigenvalue weighted by Gasteiger charge is -2.42. The van der Waals surface area contributed by atoms with Crippen molar-refractivity contribution in [2.75, 3.05) is 7.11 Å². The van der Waals surface area contributed by atoms with Crippen molar-refractivity contribution in [1.82, 2.24) is 0 Å². The number of benzene rings is 1. The molecule has 0 heterocycles. The number of phenolic OH excluding ortho intramolecular Hbond substituents is 1. The number of hydrogen-bond donors (Lipinski definition) is 2. The Bertz CT molecular complexity index is 857. The number of rotatable bonds is 4. The van der Waals surface area contributed by atoms with Gasteiger partial charge in [-0.2, -0.15) is 0 Å². The van der Waals surface area contributed by atoms with Crippen molar-refractivity contribution in [3.05, 3.63) is 35.4 Å². The Morgan fingerprint density at radius 1 is 1.28 bits per heavy atom. The highest BCUT2D eigenvalue weighted by molar-refractivity contribution is 5.96. The molecule has 158 valence electrons. The van der Waals surface area contributed by atoms with Crippen molar-refractivity contribution >= 4 is 11.8 Å². The third-order valence-corrected chi connectivity index (χ3v) is 6.79. The van der Waals surface area contributed by atoms with Crippen LogP contribution in [0.2, 0.25) is 0 Å². The number of fused-ring (bicyclic) bond motifs is 1. The molecule has 2 aliphatic rings. The van der Waals surface area contributed by atoms with E-state index in [1.54, 1.807) is 13.0 Å². The number of aromatic hydroxyl groups is 1. The monoisotopic (exact) mass is 402 g/mol. The van der Waals surface area contributed by atoms with Gasteiger partial charge in [0.15, 0.2) is 17.3 Å². The number of ketones is 1. The van der Waals surface area contributed by atoms with E-state index in [9.17, 15) is 19.8 Å². The summed E-state index contributed by atoms with van der Waals surface area (Å²) in [5.74, 6) is -0.906. The highest BCUT2D eigenvalue weighted by atomic mass is 16.5. The summed E-state index contributed by atoms with van der Waals surface area (Å²) in [7, 11) is 1.40. The van der Waals surface area contributed by atoms with Crippen LogP contribution in [0.15, 0.2) is 29.8 Å². The molecule has 0 radical (unpaired) electrons. The van der Waals surface area contributed by atoms with Gasteiger partial charge in [0.05, 0.1) is 18.3 Å². The third-order valence-electron chi connectivity index (χ3n) is 6.79. The number of esters is 1. The molecule has 0 aliphatic heterocycles. The lowest BCUT2D eigenvalue weighted by molar-refractivity contribution is -0.122. The van der Waals surface area contributed by atoms with Gasteiger partial charge in [-0.1, -0.05) is 20.8 Å². The van der Waals surface area contributed by atoms with E-state index in [-0.39, 0.29) is 34.7 Å². The van der Waals surface area contributed by atoms with Crippen LogP contribution in [0.1, 0.15) is 57.3 Å². The second-order valence-corrected chi connectivity index (χ2v) is 8.98. The van der Waals surface area contributed by atoms with Crippen LogP contribution in [-0.2, 0) is 9.53 Å². The third kappa shape index (κ3) is 3.66. The van der Waals surface area contributed by atoms with Gasteiger partial charge in [0.1, 0.15) is 6.10 Å². The number of Topliss-reactive ketones (excluding diaryl/α,β-unsaturated/α-hetero) is 1. The van der Waals surface area contributed by atoms with E-state index in [0.29, 0.717) is 24.8 Å². The first-order chi connectivity index (χ1) is 13.5. The Kier molecular flexibility index (Phi) is 5.52. The Morgan fingerprint density at radius 3 is 2.59 bits per heavy atom. The number of ether oxygens (including phenoxy) is 2. The fourth-order valence-electron chi connectivity index (χ4n) is 4.97. The Hall–Kier alpha value is -2.34. The summed E-state index contributed by atoms with van der Waals surface area (Å²) in [6, 6.07) is 4.25. The standard InChI is InChI=1S/C23H30O6/c1-13(2)23(27)9-8-22(4)12-17(25)14(3)10-19(20(22)23)29-21(26)15-6-7-16(24)18(11-15)28-5/h6-7,10-11,13,19-20,24,27H,8-9,12H2,1-5H3/t19-,20?,22+,23+/m0/s1. The van der Waals surface area contributed by atoms with E-state index < -0.39 is 23.1 Å². The lowest BCUT2D eigenvalue weighted by Crippen LogP contribution is -2.50. The molecule has 1 aromatic carbocycles. The first-order valence-corrected chi connectivity index (χ1v) is 10.0. The molecule has 0 bridgehead atoms. The minimum atomic E-state index is -1.03. The van der Waals surface area contributed by atoms with E-state index in [4.69, 9.17) is 9.47 Å². The number of phenols is 1. The van der Waals surface area contributed by atoms with Gasteiger partial charge in [0.25, 0.3) is 0 Å². The molecular weight excluding hydrogens is 372 g/mol. The normalized spacial score (nSPS) is 31.8. The summed E-state index contributed by atoms with van der Waals surface area (Å²) >= 11 is 0. The van der Waals surface area contributed by atoms with Gasteiger partial charge in [0.2, 0.25) is 0 Å². The molecule has 2 N–H and O–H groups in total. The minimum Gasteiger partial charge on any atom is -0.504 e. The zero-order valence-electron chi connectivity index (χ0n) is 17.7. The van der Waals surface area contributed by atoms with Crippen LogP contribution in [-0.4, -0.2) is 40.8 Å². The van der Waals surface area contributed by atoms with Crippen molar-refractivity contribution in [2.45, 2.75) is 58.7 Å². The first-order valence-electron chi connectivity index (χ1n) is 10.0. The molecule has 0 saturated heterocycles. The summed E-state index contributed by atoms with van der Waals surface area (Å²) in [4.78, 5) is 25.5. The molecule has 0 spiro atoms. The summed E-state index contributed by atoms with van der Waals surface area (Å²) in [5.41, 5.74) is -0.711. The van der Waals surface area contributed by atoms with Crippen molar-refractivity contribution in [2.24, 2.45) is 17.3 Å². The molecule has 1 saturated carbocycles. The molecule has 0 amide bonds. The van der Waals surface area contributed by atoms with Gasteiger partial charge < -0.3 is 19.7 Å². The van der Waals surface area contributed by atoms with Crippen molar-refractivity contribution < 1.29 is 29.3 Å². The fraction of sp³-hybridized carbons (Fsp3) is 0.565. The van der Waals surface area contributed by atoms with Gasteiger partial charge in [-0.05, 0) is 60.9 Å². The van der Waals surface area contributed by atoms with Crippen LogP contribution in [0.25, 0.3) is 0 Å². The molecule has 0 aromatic heterocycles. The predicted molar refractivity (Wildman–Crippen MR) is 108 cm³/mol. The smallest absolute Gasteiger partial charge is 0.338 e. The average molecular weight is 402 g/mol. The number of carbonyl (C=O) groups excluding carboxylic acids is 2. The number of carbonyl (C=O) groups is 2. The highest BCUT2D eigenvalue weighted by Crippen LogP contribution is 2.57.